The average molecular weight is 395 g/mol. The minimum atomic E-state index is -0.232. The molecule has 0 aliphatic carbocycles. The first-order valence-electron chi connectivity index (χ1n) is 7.65. The van der Waals surface area contributed by atoms with Gasteiger partial charge in [0.2, 0.25) is 5.91 Å². The Hall–Kier alpha value is -1.76. The molecular formula is C17H16Cl2N4OS. The van der Waals surface area contributed by atoms with Crippen molar-refractivity contribution in [3.8, 4) is 0 Å². The number of benzene rings is 1. The van der Waals surface area contributed by atoms with Gasteiger partial charge in [0.05, 0.1) is 11.8 Å². The Labute approximate surface area is 159 Å². The molecule has 1 amide bonds. The van der Waals surface area contributed by atoms with Gasteiger partial charge in [0.1, 0.15) is 0 Å². The molecule has 1 atom stereocenters. The highest BCUT2D eigenvalue weighted by Crippen LogP contribution is 2.24. The molecule has 0 fully saturated rings. The minimum absolute atomic E-state index is 0.0599. The Balaban J connectivity index is 1.53. The van der Waals surface area contributed by atoms with Crippen LogP contribution in [0, 0.1) is 0 Å². The Morgan fingerprint density at radius 1 is 1.28 bits per heavy atom. The molecule has 3 rings (SSSR count). The second-order valence-corrected chi connectivity index (χ2v) is 7.33. The largest absolute Gasteiger partial charge is 0.346 e. The van der Waals surface area contributed by atoms with E-state index in [4.69, 9.17) is 23.2 Å². The van der Waals surface area contributed by atoms with E-state index >= 15 is 0 Å². The highest BCUT2D eigenvalue weighted by atomic mass is 35.5. The van der Waals surface area contributed by atoms with E-state index in [2.05, 4.69) is 15.5 Å². The summed E-state index contributed by atoms with van der Waals surface area (Å²) in [5.41, 5.74) is 1.71. The van der Waals surface area contributed by atoms with E-state index in [0.717, 1.165) is 11.2 Å². The standard InChI is InChI=1S/C17H16Cl2N4OS/c1-11(17-22-21-15-4-2-3-7-23(15)17)20-16(24)10-25-9-12-5-6-13(18)8-14(12)19/h2-8,11H,9-10H2,1H3,(H,20,24). The summed E-state index contributed by atoms with van der Waals surface area (Å²) in [5, 5.41) is 12.4. The first kappa shape index (κ1) is 18.0. The Kier molecular flexibility index (Phi) is 5.83. The number of nitrogens with zero attached hydrogens (tertiary/aromatic N) is 3. The van der Waals surface area contributed by atoms with E-state index < -0.39 is 0 Å². The Morgan fingerprint density at radius 2 is 2.12 bits per heavy atom. The molecule has 5 nitrogen and oxygen atoms in total. The highest BCUT2D eigenvalue weighted by Gasteiger charge is 2.15. The number of pyridine rings is 1. The van der Waals surface area contributed by atoms with Crippen LogP contribution in [0.5, 0.6) is 0 Å². The third kappa shape index (κ3) is 4.45. The summed E-state index contributed by atoms with van der Waals surface area (Å²) >= 11 is 13.5. The van der Waals surface area contributed by atoms with Gasteiger partial charge in [-0.05, 0) is 36.8 Å². The third-order valence-corrected chi connectivity index (χ3v) is 5.18. The summed E-state index contributed by atoms with van der Waals surface area (Å²) in [7, 11) is 0. The van der Waals surface area contributed by atoms with Gasteiger partial charge in [-0.2, -0.15) is 0 Å². The van der Waals surface area contributed by atoms with E-state index in [9.17, 15) is 4.79 Å². The van der Waals surface area contributed by atoms with Gasteiger partial charge in [0.25, 0.3) is 0 Å². The molecule has 2 aromatic heterocycles. The van der Waals surface area contributed by atoms with Gasteiger partial charge in [-0.3, -0.25) is 9.20 Å². The fraction of sp³-hybridized carbons (Fsp3) is 0.235. The molecule has 0 aliphatic heterocycles. The Bertz CT molecular complexity index is 899. The molecule has 0 spiro atoms. The lowest BCUT2D eigenvalue weighted by Gasteiger charge is -2.12. The average Bonchev–Trinajstić information content (AvgIpc) is 3.01. The van der Waals surface area contributed by atoms with Crippen LogP contribution in [0.25, 0.3) is 5.65 Å². The number of carbonyl (C=O) groups excluding carboxylic acids is 1. The summed E-state index contributed by atoms with van der Waals surface area (Å²) in [6.45, 7) is 1.89. The van der Waals surface area contributed by atoms with Gasteiger partial charge in [-0.15, -0.1) is 22.0 Å². The first-order chi connectivity index (χ1) is 12.0. The summed E-state index contributed by atoms with van der Waals surface area (Å²) in [4.78, 5) is 12.2. The molecule has 25 heavy (non-hydrogen) atoms. The van der Waals surface area contributed by atoms with E-state index in [1.807, 2.05) is 41.8 Å². The van der Waals surface area contributed by atoms with Crippen LogP contribution >= 0.6 is 35.0 Å². The third-order valence-electron chi connectivity index (χ3n) is 3.61. The molecule has 0 bridgehead atoms. The maximum Gasteiger partial charge on any atom is 0.230 e. The number of halogens is 2. The van der Waals surface area contributed by atoms with Crippen LogP contribution in [0.1, 0.15) is 24.4 Å². The van der Waals surface area contributed by atoms with Crippen LogP contribution in [0.3, 0.4) is 0 Å². The number of amides is 1. The molecule has 0 saturated heterocycles. The molecule has 2 heterocycles. The zero-order valence-electron chi connectivity index (χ0n) is 13.4. The smallest absolute Gasteiger partial charge is 0.230 e. The van der Waals surface area contributed by atoms with Gasteiger partial charge in [-0.1, -0.05) is 35.3 Å². The maximum atomic E-state index is 12.2. The molecule has 8 heteroatoms. The molecule has 0 aliphatic rings. The molecule has 130 valence electrons. The maximum absolute atomic E-state index is 12.2. The summed E-state index contributed by atoms with van der Waals surface area (Å²) in [6.07, 6.45) is 1.88. The minimum Gasteiger partial charge on any atom is -0.346 e. The number of aromatic nitrogens is 3. The van der Waals surface area contributed by atoms with Crippen molar-refractivity contribution < 1.29 is 4.79 Å². The second kappa shape index (κ2) is 8.08. The van der Waals surface area contributed by atoms with Crippen molar-refractivity contribution in [2.75, 3.05) is 5.75 Å². The monoisotopic (exact) mass is 394 g/mol. The molecule has 1 aromatic carbocycles. The normalized spacial score (nSPS) is 12.3. The van der Waals surface area contributed by atoms with E-state index in [1.54, 1.807) is 12.1 Å². The molecule has 0 saturated carbocycles. The number of rotatable bonds is 6. The van der Waals surface area contributed by atoms with Crippen molar-refractivity contribution >= 4 is 46.5 Å². The summed E-state index contributed by atoms with van der Waals surface area (Å²) in [5.74, 6) is 1.62. The molecule has 3 aromatic rings. The summed E-state index contributed by atoms with van der Waals surface area (Å²) < 4.78 is 1.87. The van der Waals surface area contributed by atoms with Crippen LogP contribution in [-0.2, 0) is 10.5 Å². The van der Waals surface area contributed by atoms with Crippen molar-refractivity contribution in [1.29, 1.82) is 0 Å². The van der Waals surface area contributed by atoms with Crippen molar-refractivity contribution in [2.24, 2.45) is 0 Å². The van der Waals surface area contributed by atoms with E-state index in [-0.39, 0.29) is 11.9 Å². The van der Waals surface area contributed by atoms with Gasteiger partial charge in [0, 0.05) is 22.0 Å². The van der Waals surface area contributed by atoms with Gasteiger partial charge in [-0.25, -0.2) is 0 Å². The van der Waals surface area contributed by atoms with E-state index in [0.29, 0.717) is 27.4 Å². The van der Waals surface area contributed by atoms with Crippen LogP contribution in [0.2, 0.25) is 10.0 Å². The number of hydrogen-bond donors (Lipinski definition) is 1. The van der Waals surface area contributed by atoms with Crippen molar-refractivity contribution in [3.63, 3.8) is 0 Å². The van der Waals surface area contributed by atoms with Crippen molar-refractivity contribution in [1.82, 2.24) is 19.9 Å². The predicted octanol–water partition coefficient (Wildman–Crippen LogP) is 4.15. The van der Waals surface area contributed by atoms with Crippen molar-refractivity contribution in [2.45, 2.75) is 18.7 Å². The zero-order valence-corrected chi connectivity index (χ0v) is 15.8. The fourth-order valence-electron chi connectivity index (χ4n) is 2.40. The number of carbonyl (C=O) groups is 1. The number of nitrogens with one attached hydrogen (secondary N) is 1. The number of hydrogen-bond acceptors (Lipinski definition) is 4. The van der Waals surface area contributed by atoms with Gasteiger partial charge >= 0.3 is 0 Å². The van der Waals surface area contributed by atoms with Crippen LogP contribution in [0.4, 0.5) is 0 Å². The highest BCUT2D eigenvalue weighted by molar-refractivity contribution is 7.99. The lowest BCUT2D eigenvalue weighted by Crippen LogP contribution is -2.29. The zero-order chi connectivity index (χ0) is 17.8. The SMILES string of the molecule is CC(NC(=O)CSCc1ccc(Cl)cc1Cl)c1nnc2ccccn12. The number of fused-ring (bicyclic) bond motifs is 1. The number of thioether (sulfide) groups is 1. The molecular weight excluding hydrogens is 379 g/mol. The second-order valence-electron chi connectivity index (χ2n) is 5.50. The lowest BCUT2D eigenvalue weighted by atomic mass is 10.2. The van der Waals surface area contributed by atoms with Crippen LogP contribution < -0.4 is 5.32 Å². The Morgan fingerprint density at radius 3 is 2.92 bits per heavy atom. The summed E-state index contributed by atoms with van der Waals surface area (Å²) in [6, 6.07) is 10.8. The van der Waals surface area contributed by atoms with Crippen LogP contribution in [-0.4, -0.2) is 26.3 Å². The first-order valence-corrected chi connectivity index (χ1v) is 9.56. The molecule has 0 radical (unpaired) electrons. The fourth-order valence-corrected chi connectivity index (χ4v) is 3.79. The molecule has 1 unspecified atom stereocenters. The lowest BCUT2D eigenvalue weighted by molar-refractivity contribution is -0.119. The van der Waals surface area contributed by atoms with E-state index in [1.165, 1.54) is 11.8 Å². The van der Waals surface area contributed by atoms with Gasteiger partial charge < -0.3 is 5.32 Å². The van der Waals surface area contributed by atoms with Crippen molar-refractivity contribution in [3.05, 3.63) is 64.0 Å². The van der Waals surface area contributed by atoms with Crippen LogP contribution in [0.15, 0.2) is 42.6 Å². The molecule has 1 N–H and O–H groups in total. The quantitative estimate of drug-likeness (QED) is 0.681. The van der Waals surface area contributed by atoms with Gasteiger partial charge in [0.15, 0.2) is 11.5 Å². The topological polar surface area (TPSA) is 59.3 Å². The predicted molar refractivity (Wildman–Crippen MR) is 102 cm³/mol.